The van der Waals surface area contributed by atoms with Crippen molar-refractivity contribution < 1.29 is 18.0 Å². The second-order valence-electron chi connectivity index (χ2n) is 6.34. The number of carbonyl (C=O) groups is 1. The van der Waals surface area contributed by atoms with Crippen LogP contribution < -0.4 is 10.6 Å². The molecule has 0 aliphatic carbocycles. The molecule has 28 heavy (non-hydrogen) atoms. The van der Waals surface area contributed by atoms with E-state index in [9.17, 15) is 18.0 Å². The van der Waals surface area contributed by atoms with E-state index in [0.29, 0.717) is 5.69 Å². The fourth-order valence-corrected chi connectivity index (χ4v) is 2.84. The van der Waals surface area contributed by atoms with Crippen LogP contribution in [0.3, 0.4) is 0 Å². The average Bonchev–Trinajstić information content (AvgIpc) is 2.65. The van der Waals surface area contributed by atoms with E-state index in [4.69, 9.17) is 0 Å². The molecule has 3 aromatic rings. The van der Waals surface area contributed by atoms with E-state index in [2.05, 4.69) is 20.6 Å². The van der Waals surface area contributed by atoms with Gasteiger partial charge in [-0.25, -0.2) is 23.1 Å². The second-order valence-corrected chi connectivity index (χ2v) is 6.34. The maximum absolute atomic E-state index is 13.8. The molecule has 0 radical (unpaired) electrons. The lowest BCUT2D eigenvalue weighted by Gasteiger charge is -2.13. The molecule has 8 heteroatoms. The van der Waals surface area contributed by atoms with Crippen LogP contribution in [-0.2, 0) is 0 Å². The molecule has 5 nitrogen and oxygen atoms in total. The number of amides is 1. The van der Waals surface area contributed by atoms with E-state index in [1.165, 1.54) is 12.3 Å². The van der Waals surface area contributed by atoms with E-state index >= 15 is 0 Å². The largest absolute Gasteiger partial charge is 0.322 e. The van der Waals surface area contributed by atoms with Gasteiger partial charge in [0.25, 0.3) is 5.91 Å². The van der Waals surface area contributed by atoms with Gasteiger partial charge in [0.05, 0.1) is 5.69 Å². The first-order chi connectivity index (χ1) is 13.3. The molecule has 0 fully saturated rings. The summed E-state index contributed by atoms with van der Waals surface area (Å²) in [5.74, 6) is -4.92. The number of benzene rings is 2. The van der Waals surface area contributed by atoms with Crippen LogP contribution >= 0.6 is 0 Å². The van der Waals surface area contributed by atoms with Gasteiger partial charge in [0, 0.05) is 11.9 Å². The zero-order valence-electron chi connectivity index (χ0n) is 15.4. The van der Waals surface area contributed by atoms with Crippen molar-refractivity contribution in [1.29, 1.82) is 0 Å². The molecule has 1 aromatic heterocycles. The molecule has 0 atom stereocenters. The van der Waals surface area contributed by atoms with Crippen LogP contribution in [-0.4, -0.2) is 15.9 Å². The van der Waals surface area contributed by atoms with Crippen molar-refractivity contribution in [1.82, 2.24) is 9.97 Å². The Hall–Kier alpha value is -3.42. The number of aryl methyl sites for hydroxylation is 3. The Kier molecular flexibility index (Phi) is 5.30. The lowest BCUT2D eigenvalue weighted by Crippen LogP contribution is -2.16. The van der Waals surface area contributed by atoms with Gasteiger partial charge >= 0.3 is 0 Å². The Bertz CT molecular complexity index is 1050. The minimum atomic E-state index is -1.61. The van der Waals surface area contributed by atoms with Crippen molar-refractivity contribution in [3.8, 4) is 0 Å². The number of halogens is 3. The molecule has 0 aliphatic rings. The monoisotopic (exact) mass is 386 g/mol. The van der Waals surface area contributed by atoms with E-state index in [1.54, 1.807) is 0 Å². The van der Waals surface area contributed by atoms with Crippen molar-refractivity contribution in [2.75, 3.05) is 10.6 Å². The maximum Gasteiger partial charge on any atom is 0.274 e. The van der Waals surface area contributed by atoms with Gasteiger partial charge in [-0.05, 0) is 50.1 Å². The lowest BCUT2D eigenvalue weighted by molar-refractivity contribution is 0.102. The molecule has 0 saturated heterocycles. The van der Waals surface area contributed by atoms with Crippen LogP contribution in [0.25, 0.3) is 0 Å². The number of hydrogen-bond acceptors (Lipinski definition) is 4. The van der Waals surface area contributed by atoms with E-state index in [0.717, 1.165) is 28.8 Å². The summed E-state index contributed by atoms with van der Waals surface area (Å²) in [6.07, 6.45) is 1.30. The van der Waals surface area contributed by atoms with Crippen molar-refractivity contribution in [2.24, 2.45) is 0 Å². The van der Waals surface area contributed by atoms with Crippen LogP contribution in [0.15, 0.2) is 36.5 Å². The van der Waals surface area contributed by atoms with Crippen LogP contribution in [0.5, 0.6) is 0 Å². The first kappa shape index (κ1) is 19.3. The van der Waals surface area contributed by atoms with Crippen molar-refractivity contribution >= 4 is 23.2 Å². The number of rotatable bonds is 4. The number of anilines is 3. The summed E-state index contributed by atoms with van der Waals surface area (Å²) < 4.78 is 40.2. The van der Waals surface area contributed by atoms with Gasteiger partial charge in [-0.2, -0.15) is 0 Å². The number of carbonyl (C=O) groups excluding carboxylic acids is 1. The molecule has 0 unspecified atom stereocenters. The van der Waals surface area contributed by atoms with Gasteiger partial charge in [-0.3, -0.25) is 4.79 Å². The third-order valence-corrected chi connectivity index (χ3v) is 4.09. The van der Waals surface area contributed by atoms with Gasteiger partial charge < -0.3 is 10.6 Å². The van der Waals surface area contributed by atoms with Crippen LogP contribution in [0.2, 0.25) is 0 Å². The molecule has 2 aromatic carbocycles. The summed E-state index contributed by atoms with van der Waals surface area (Å²) in [7, 11) is 0. The minimum Gasteiger partial charge on any atom is -0.322 e. The average molecular weight is 386 g/mol. The number of nitrogens with one attached hydrogen (secondary N) is 2. The number of aromatic nitrogens is 2. The third-order valence-electron chi connectivity index (χ3n) is 4.09. The maximum atomic E-state index is 13.8. The highest BCUT2D eigenvalue weighted by atomic mass is 19.2. The highest BCUT2D eigenvalue weighted by molar-refractivity contribution is 6.03. The van der Waals surface area contributed by atoms with E-state index in [-0.39, 0.29) is 17.3 Å². The summed E-state index contributed by atoms with van der Waals surface area (Å²) in [5.41, 5.74) is 3.25. The summed E-state index contributed by atoms with van der Waals surface area (Å²) in [4.78, 5) is 20.5. The zero-order valence-corrected chi connectivity index (χ0v) is 15.4. The van der Waals surface area contributed by atoms with Crippen molar-refractivity contribution in [2.45, 2.75) is 20.8 Å². The molecule has 2 N–H and O–H groups in total. The third kappa shape index (κ3) is 3.95. The summed E-state index contributed by atoms with van der Waals surface area (Å²) in [6.45, 7) is 5.73. The molecule has 0 saturated carbocycles. The van der Waals surface area contributed by atoms with Crippen molar-refractivity contribution in [3.63, 3.8) is 0 Å². The highest BCUT2D eigenvalue weighted by Crippen LogP contribution is 2.24. The summed E-state index contributed by atoms with van der Waals surface area (Å²) in [5, 5.41) is 5.25. The van der Waals surface area contributed by atoms with Gasteiger partial charge in [-0.1, -0.05) is 17.7 Å². The molecular formula is C20H17F3N4O. The minimum absolute atomic E-state index is 0.0277. The Morgan fingerprint density at radius 2 is 1.64 bits per heavy atom. The first-order valence-electron chi connectivity index (χ1n) is 8.39. The fourth-order valence-electron chi connectivity index (χ4n) is 2.84. The molecule has 0 aliphatic heterocycles. The Balaban J connectivity index is 1.84. The van der Waals surface area contributed by atoms with Gasteiger partial charge in [0.15, 0.2) is 17.5 Å². The topological polar surface area (TPSA) is 66.9 Å². The molecule has 0 spiro atoms. The molecule has 144 valence electrons. The van der Waals surface area contributed by atoms with Crippen LogP contribution in [0.4, 0.5) is 30.5 Å². The Morgan fingerprint density at radius 3 is 2.32 bits per heavy atom. The number of hydrogen-bond donors (Lipinski definition) is 2. The van der Waals surface area contributed by atoms with E-state index < -0.39 is 23.4 Å². The molecule has 1 amide bonds. The lowest BCUT2D eigenvalue weighted by atomic mass is 10.1. The van der Waals surface area contributed by atoms with Gasteiger partial charge in [-0.15, -0.1) is 0 Å². The van der Waals surface area contributed by atoms with Crippen molar-refractivity contribution in [3.05, 3.63) is 76.4 Å². The predicted molar refractivity (Wildman–Crippen MR) is 100 cm³/mol. The quantitative estimate of drug-likeness (QED) is 0.631. The smallest absolute Gasteiger partial charge is 0.274 e. The normalized spacial score (nSPS) is 10.6. The van der Waals surface area contributed by atoms with Gasteiger partial charge in [0.2, 0.25) is 5.95 Å². The van der Waals surface area contributed by atoms with Crippen LogP contribution in [0, 0.1) is 38.2 Å². The number of nitrogens with zero attached hydrogens (tertiary/aromatic N) is 2. The second kappa shape index (κ2) is 7.67. The molecule has 1 heterocycles. The highest BCUT2D eigenvalue weighted by Gasteiger charge is 2.16. The molecular weight excluding hydrogens is 369 g/mol. The Labute approximate surface area is 159 Å². The first-order valence-corrected chi connectivity index (χ1v) is 8.39. The summed E-state index contributed by atoms with van der Waals surface area (Å²) >= 11 is 0. The zero-order chi connectivity index (χ0) is 20.4. The van der Waals surface area contributed by atoms with Crippen LogP contribution in [0.1, 0.15) is 27.2 Å². The molecule has 0 bridgehead atoms. The fraction of sp³-hybridized carbons (Fsp3) is 0.150. The standard InChI is InChI=1S/C20H17F3N4O/c1-10-8-11(2)18(12(3)9-10)27-19(28)15-6-7-24-20(26-15)25-14-5-4-13(21)16(22)17(14)23/h4-9H,1-3H3,(H,27,28)(H,24,25,26). The van der Waals surface area contributed by atoms with E-state index in [1.807, 2.05) is 32.9 Å². The van der Waals surface area contributed by atoms with Gasteiger partial charge in [0.1, 0.15) is 5.69 Å². The SMILES string of the molecule is Cc1cc(C)c(NC(=O)c2ccnc(Nc3ccc(F)c(F)c3F)n2)c(C)c1. The predicted octanol–water partition coefficient (Wildman–Crippen LogP) is 4.82. The Morgan fingerprint density at radius 1 is 0.964 bits per heavy atom. The summed E-state index contributed by atoms with van der Waals surface area (Å²) in [6, 6.07) is 7.08. The molecule has 3 rings (SSSR count).